The molecule has 3 aliphatic carbocycles. The van der Waals surface area contributed by atoms with Crippen LogP contribution >= 0.6 is 0 Å². The Kier molecular flexibility index (Phi) is 5.71. The standard InChI is InChI=1S/C39H42/c1-27-5-13-31(14-6-27)35-23-38(33-17-9-29(3)10-18-33)24-37(32-15-7-28(2)8-16-32)22-21-36(35)39(25-37,26-38)34-19-11-30(4)12-20-34/h5-20,35-36H,21-26H2,1-4H3. The Labute approximate surface area is 235 Å². The largest absolute Gasteiger partial charge is 0.0590 e. The molecule has 0 radical (unpaired) electrons. The van der Waals surface area contributed by atoms with E-state index in [0.29, 0.717) is 11.8 Å². The van der Waals surface area contributed by atoms with Gasteiger partial charge in [0.05, 0.1) is 0 Å². The Balaban J connectivity index is 1.48. The van der Waals surface area contributed by atoms with Gasteiger partial charge in [0.15, 0.2) is 0 Å². The van der Waals surface area contributed by atoms with Crippen molar-refractivity contribution in [1.82, 2.24) is 0 Å². The number of fused-ring (bicyclic) bond motifs is 2. The molecule has 0 nitrogen and oxygen atoms in total. The first-order valence-corrected chi connectivity index (χ1v) is 15.1. The molecule has 4 aromatic rings. The molecule has 0 heterocycles. The average molecular weight is 511 g/mol. The highest BCUT2D eigenvalue weighted by Gasteiger charge is 2.66. The number of hydrogen-bond acceptors (Lipinski definition) is 0. The lowest BCUT2D eigenvalue weighted by Gasteiger charge is -2.68. The summed E-state index contributed by atoms with van der Waals surface area (Å²) in [5.41, 5.74) is 12.3. The highest BCUT2D eigenvalue weighted by molar-refractivity contribution is 5.47. The van der Waals surface area contributed by atoms with Crippen LogP contribution in [0.1, 0.15) is 89.0 Å². The Morgan fingerprint density at radius 1 is 0.487 bits per heavy atom. The normalized spacial score (nSPS) is 31.3. The van der Waals surface area contributed by atoms with Gasteiger partial charge in [0.1, 0.15) is 0 Å². The van der Waals surface area contributed by atoms with E-state index >= 15 is 0 Å². The molecule has 3 aliphatic rings. The molecule has 0 aromatic heterocycles. The molecule has 0 N–H and O–H groups in total. The lowest BCUT2D eigenvalue weighted by molar-refractivity contribution is -0.0516. The highest BCUT2D eigenvalue weighted by Crippen LogP contribution is 2.72. The molecule has 0 amide bonds. The summed E-state index contributed by atoms with van der Waals surface area (Å²) < 4.78 is 0. The van der Waals surface area contributed by atoms with Gasteiger partial charge >= 0.3 is 0 Å². The molecule has 0 aliphatic heterocycles. The summed E-state index contributed by atoms with van der Waals surface area (Å²) in [4.78, 5) is 0. The van der Waals surface area contributed by atoms with E-state index in [2.05, 4.69) is 125 Å². The maximum atomic E-state index is 2.50. The van der Waals surface area contributed by atoms with Gasteiger partial charge in [0.2, 0.25) is 0 Å². The predicted octanol–water partition coefficient (Wildman–Crippen LogP) is 9.82. The van der Waals surface area contributed by atoms with Crippen LogP contribution in [-0.2, 0) is 16.2 Å². The van der Waals surface area contributed by atoms with Crippen molar-refractivity contribution in [1.29, 1.82) is 0 Å². The summed E-state index contributed by atoms with van der Waals surface area (Å²) in [6.45, 7) is 8.90. The van der Waals surface area contributed by atoms with E-state index in [1.54, 1.807) is 22.3 Å². The molecular formula is C39H42. The van der Waals surface area contributed by atoms with Crippen molar-refractivity contribution >= 4 is 0 Å². The van der Waals surface area contributed by atoms with Gasteiger partial charge in [-0.3, -0.25) is 0 Å². The molecule has 3 fully saturated rings. The maximum Gasteiger partial charge on any atom is 0.000402 e. The molecule has 0 spiro atoms. The molecule has 39 heavy (non-hydrogen) atoms. The first-order chi connectivity index (χ1) is 18.8. The van der Waals surface area contributed by atoms with Crippen LogP contribution in [-0.4, -0.2) is 0 Å². The molecule has 0 heteroatoms. The van der Waals surface area contributed by atoms with Crippen LogP contribution in [0.5, 0.6) is 0 Å². The minimum Gasteiger partial charge on any atom is -0.0590 e. The summed E-state index contributed by atoms with van der Waals surface area (Å²) in [6, 6.07) is 38.7. The van der Waals surface area contributed by atoms with Crippen LogP contribution in [0.3, 0.4) is 0 Å². The third-order valence-electron chi connectivity index (χ3n) is 11.2. The van der Waals surface area contributed by atoms with E-state index in [-0.39, 0.29) is 16.2 Å². The number of benzene rings is 4. The summed E-state index contributed by atoms with van der Waals surface area (Å²) in [6.07, 6.45) is 7.66. The summed E-state index contributed by atoms with van der Waals surface area (Å²) >= 11 is 0. The lowest BCUT2D eigenvalue weighted by atomic mass is 9.35. The van der Waals surface area contributed by atoms with Crippen LogP contribution in [0.15, 0.2) is 97.1 Å². The summed E-state index contributed by atoms with van der Waals surface area (Å²) in [5, 5.41) is 0. The fourth-order valence-corrected chi connectivity index (χ4v) is 9.44. The second-order valence-electron chi connectivity index (χ2n) is 13.7. The van der Waals surface area contributed by atoms with Crippen LogP contribution in [0.2, 0.25) is 0 Å². The smallest absolute Gasteiger partial charge is 0.000402 e. The molecule has 5 unspecified atom stereocenters. The van der Waals surface area contributed by atoms with Crippen molar-refractivity contribution in [2.75, 3.05) is 0 Å². The van der Waals surface area contributed by atoms with E-state index < -0.39 is 0 Å². The van der Waals surface area contributed by atoms with Crippen molar-refractivity contribution in [3.8, 4) is 0 Å². The maximum absolute atomic E-state index is 2.50. The zero-order valence-electron chi connectivity index (χ0n) is 24.1. The first kappa shape index (κ1) is 24.9. The zero-order chi connectivity index (χ0) is 26.8. The fourth-order valence-electron chi connectivity index (χ4n) is 9.44. The summed E-state index contributed by atoms with van der Waals surface area (Å²) in [5.74, 6) is 1.25. The summed E-state index contributed by atoms with van der Waals surface area (Å²) in [7, 11) is 0. The minimum absolute atomic E-state index is 0.161. The number of rotatable bonds is 4. The first-order valence-electron chi connectivity index (χ1n) is 15.1. The SMILES string of the molecule is Cc1ccc(C2CC3(c4ccc(C)cc4)CC4(c5ccc(C)cc5)CCC2C(c2ccc(C)cc2)(C4)C3)cc1. The molecule has 3 saturated carbocycles. The van der Waals surface area contributed by atoms with Crippen LogP contribution in [0.4, 0.5) is 0 Å². The van der Waals surface area contributed by atoms with Crippen LogP contribution in [0.25, 0.3) is 0 Å². The fraction of sp³-hybridized carbons (Fsp3) is 0.385. The monoisotopic (exact) mass is 510 g/mol. The van der Waals surface area contributed by atoms with Gasteiger partial charge in [-0.25, -0.2) is 0 Å². The van der Waals surface area contributed by atoms with Crippen molar-refractivity contribution in [2.45, 2.75) is 88.4 Å². The van der Waals surface area contributed by atoms with Gasteiger partial charge in [-0.2, -0.15) is 0 Å². The van der Waals surface area contributed by atoms with Crippen molar-refractivity contribution in [3.63, 3.8) is 0 Å². The molecule has 4 aromatic carbocycles. The molecule has 7 rings (SSSR count). The average Bonchev–Trinajstić information content (AvgIpc) is 2.93. The van der Waals surface area contributed by atoms with Crippen molar-refractivity contribution in [3.05, 3.63) is 142 Å². The third-order valence-corrected chi connectivity index (χ3v) is 11.2. The highest BCUT2D eigenvalue weighted by atomic mass is 14.7. The van der Waals surface area contributed by atoms with Crippen molar-refractivity contribution in [2.24, 2.45) is 5.92 Å². The molecular weight excluding hydrogens is 468 g/mol. The van der Waals surface area contributed by atoms with Gasteiger partial charge in [-0.15, -0.1) is 0 Å². The third kappa shape index (κ3) is 3.94. The Bertz CT molecular complexity index is 1460. The molecule has 198 valence electrons. The van der Waals surface area contributed by atoms with Gasteiger partial charge in [-0.1, -0.05) is 119 Å². The molecule has 0 saturated heterocycles. The number of aryl methyl sites for hydroxylation is 4. The second-order valence-corrected chi connectivity index (χ2v) is 13.7. The van der Waals surface area contributed by atoms with Gasteiger partial charge in [-0.05, 0) is 111 Å². The predicted molar refractivity (Wildman–Crippen MR) is 164 cm³/mol. The quantitative estimate of drug-likeness (QED) is 0.256. The van der Waals surface area contributed by atoms with Gasteiger partial charge in [0.25, 0.3) is 0 Å². The van der Waals surface area contributed by atoms with E-state index in [1.807, 2.05) is 0 Å². The topological polar surface area (TPSA) is 0 Å². The Hall–Kier alpha value is -3.12. The molecule has 5 atom stereocenters. The molecule has 3 bridgehead atoms. The van der Waals surface area contributed by atoms with E-state index in [4.69, 9.17) is 0 Å². The van der Waals surface area contributed by atoms with Crippen molar-refractivity contribution < 1.29 is 0 Å². The number of hydrogen-bond donors (Lipinski definition) is 0. The Morgan fingerprint density at radius 3 is 1.46 bits per heavy atom. The van der Waals surface area contributed by atoms with E-state index in [1.165, 1.54) is 60.8 Å². The van der Waals surface area contributed by atoms with Crippen LogP contribution < -0.4 is 0 Å². The zero-order valence-corrected chi connectivity index (χ0v) is 24.1. The second kappa shape index (κ2) is 8.95. The lowest BCUT2D eigenvalue weighted by Crippen LogP contribution is -2.63. The van der Waals surface area contributed by atoms with Crippen LogP contribution in [0, 0.1) is 33.6 Å². The van der Waals surface area contributed by atoms with E-state index in [9.17, 15) is 0 Å². The minimum atomic E-state index is 0.161. The Morgan fingerprint density at radius 2 is 0.923 bits per heavy atom. The van der Waals surface area contributed by atoms with Gasteiger partial charge < -0.3 is 0 Å². The van der Waals surface area contributed by atoms with Gasteiger partial charge in [0, 0.05) is 5.41 Å². The van der Waals surface area contributed by atoms with E-state index in [0.717, 1.165) is 0 Å².